The lowest BCUT2D eigenvalue weighted by Gasteiger charge is -2.17. The van der Waals surface area contributed by atoms with Gasteiger partial charge in [0.2, 0.25) is 0 Å². The summed E-state index contributed by atoms with van der Waals surface area (Å²) >= 11 is 4.97. The number of hydrogen-bond acceptors (Lipinski definition) is 7. The second kappa shape index (κ2) is 20.7. The van der Waals surface area contributed by atoms with Gasteiger partial charge in [0.25, 0.3) is 0 Å². The molecule has 5 N–H and O–H groups in total. The van der Waals surface area contributed by atoms with Crippen LogP contribution in [0.5, 0.6) is 0 Å². The third-order valence-corrected chi connectivity index (χ3v) is 6.01. The number of carbonyl (C=O) groups excluding carboxylic acids is 2. The van der Waals surface area contributed by atoms with E-state index in [1.807, 2.05) is 97.1 Å². The van der Waals surface area contributed by atoms with Gasteiger partial charge in [0, 0.05) is 17.6 Å². The van der Waals surface area contributed by atoms with Gasteiger partial charge in [-0.05, 0) is 22.3 Å². The van der Waals surface area contributed by atoms with Crippen molar-refractivity contribution in [3.63, 3.8) is 0 Å². The second-order valence-corrected chi connectivity index (χ2v) is 9.70. The molecule has 0 spiro atoms. The number of halogens is 1. The first kappa shape index (κ1) is 36.0. The van der Waals surface area contributed by atoms with E-state index in [-0.39, 0.29) is 26.1 Å². The Morgan fingerprint density at radius 2 is 1.02 bits per heavy atom. The van der Waals surface area contributed by atoms with Crippen LogP contribution in [-0.2, 0) is 32.3 Å². The molecule has 4 rings (SSSR count). The summed E-state index contributed by atoms with van der Waals surface area (Å²) in [6, 6.07) is 35.8. The Labute approximate surface area is 266 Å². The van der Waals surface area contributed by atoms with E-state index in [4.69, 9.17) is 32.3 Å². The average molecular weight is 635 g/mol. The number of amides is 1. The predicted octanol–water partition coefficient (Wildman–Crippen LogP) is 6.85. The molecule has 2 atom stereocenters. The first-order valence-electron chi connectivity index (χ1n) is 13.8. The standard InChI is InChI=1S/C17H17NO4.C9H11NO2.C8H7ClO2/c19-16(20)11-15(14-9-5-2-6-10-14)18-17(21)22-12-13-7-3-1-4-8-13;10-8(6-9(11)12)7-4-2-1-3-5-7;9-8(10)11-6-7-4-2-1-3-5-7/h1-10,15H,11-12H2,(H,18,21)(H,19,20);1-5,8H,6,10H2,(H,11,12);1-5H,6H2. The normalized spacial score (nSPS) is 11.2. The SMILES string of the molecule is NC(CC(=O)O)c1ccccc1.O=C(Cl)OCc1ccccc1.O=C(O)CC(NC(=O)OCc1ccccc1)c1ccccc1. The molecule has 0 bridgehead atoms. The second-order valence-electron chi connectivity index (χ2n) is 9.39. The van der Waals surface area contributed by atoms with Gasteiger partial charge >= 0.3 is 23.5 Å². The maximum absolute atomic E-state index is 11.9. The number of carboxylic acids is 2. The summed E-state index contributed by atoms with van der Waals surface area (Å²) in [6.07, 6.45) is -0.868. The zero-order chi connectivity index (χ0) is 32.9. The molecule has 4 aromatic rings. The zero-order valence-electron chi connectivity index (χ0n) is 24.3. The van der Waals surface area contributed by atoms with Crippen molar-refractivity contribution >= 4 is 35.1 Å². The summed E-state index contributed by atoms with van der Waals surface area (Å²) in [6.45, 7) is 0.379. The van der Waals surface area contributed by atoms with Crippen molar-refractivity contribution in [3.05, 3.63) is 144 Å². The number of ether oxygens (including phenoxy) is 2. The number of carbonyl (C=O) groups is 4. The molecular formula is C34H35ClN2O8. The van der Waals surface area contributed by atoms with Gasteiger partial charge in [-0.15, -0.1) is 0 Å². The molecule has 0 aliphatic heterocycles. The molecular weight excluding hydrogens is 600 g/mol. The summed E-state index contributed by atoms with van der Waals surface area (Å²) in [7, 11) is 0. The minimum absolute atomic E-state index is 0.0238. The third kappa shape index (κ3) is 16.3. The Bertz CT molecular complexity index is 1440. The van der Waals surface area contributed by atoms with E-state index in [0.717, 1.165) is 22.3 Å². The molecule has 0 aromatic heterocycles. The minimum atomic E-state index is -0.989. The molecule has 0 fully saturated rings. The summed E-state index contributed by atoms with van der Waals surface area (Å²) in [4.78, 5) is 43.3. The molecule has 45 heavy (non-hydrogen) atoms. The van der Waals surface area contributed by atoms with Crippen molar-refractivity contribution in [2.45, 2.75) is 38.1 Å². The number of benzene rings is 4. The largest absolute Gasteiger partial charge is 0.481 e. The van der Waals surface area contributed by atoms with E-state index in [1.54, 1.807) is 24.3 Å². The smallest absolute Gasteiger partial charge is 0.407 e. The van der Waals surface area contributed by atoms with Crippen molar-refractivity contribution in [3.8, 4) is 0 Å². The van der Waals surface area contributed by atoms with Gasteiger partial charge in [-0.25, -0.2) is 9.59 Å². The van der Waals surface area contributed by atoms with Crippen molar-refractivity contribution in [2.75, 3.05) is 0 Å². The monoisotopic (exact) mass is 634 g/mol. The van der Waals surface area contributed by atoms with Crippen LogP contribution in [0.1, 0.15) is 47.2 Å². The highest BCUT2D eigenvalue weighted by atomic mass is 35.5. The number of nitrogens with one attached hydrogen (secondary N) is 1. The molecule has 0 heterocycles. The van der Waals surface area contributed by atoms with E-state index < -0.39 is 35.5 Å². The minimum Gasteiger partial charge on any atom is -0.481 e. The number of aliphatic carboxylic acids is 2. The van der Waals surface area contributed by atoms with E-state index in [2.05, 4.69) is 10.1 Å². The fraction of sp³-hybridized carbons (Fsp3) is 0.176. The molecule has 236 valence electrons. The van der Waals surface area contributed by atoms with Crippen LogP contribution in [0, 0.1) is 0 Å². The summed E-state index contributed by atoms with van der Waals surface area (Å²) in [5, 5.41) is 20.0. The molecule has 0 aliphatic rings. The number of rotatable bonds is 11. The molecule has 0 saturated heterocycles. The highest BCUT2D eigenvalue weighted by Crippen LogP contribution is 2.17. The number of carboxylic acid groups (broad SMARTS) is 2. The fourth-order valence-electron chi connectivity index (χ4n) is 3.74. The molecule has 0 saturated carbocycles. The van der Waals surface area contributed by atoms with Crippen LogP contribution >= 0.6 is 11.6 Å². The summed E-state index contributed by atoms with van der Waals surface area (Å²) in [5.41, 5.74) is 8.23. The van der Waals surface area contributed by atoms with Gasteiger partial charge in [-0.3, -0.25) is 9.59 Å². The maximum atomic E-state index is 11.9. The predicted molar refractivity (Wildman–Crippen MR) is 169 cm³/mol. The molecule has 0 aliphatic carbocycles. The van der Waals surface area contributed by atoms with Gasteiger partial charge in [-0.2, -0.15) is 0 Å². The third-order valence-electron chi connectivity index (χ3n) is 5.90. The zero-order valence-corrected chi connectivity index (χ0v) is 25.1. The number of alkyl carbamates (subject to hydrolysis) is 1. The average Bonchev–Trinajstić information content (AvgIpc) is 3.04. The van der Waals surface area contributed by atoms with Crippen LogP contribution in [0.2, 0.25) is 0 Å². The Kier molecular flexibility index (Phi) is 16.5. The van der Waals surface area contributed by atoms with Crippen LogP contribution in [0.3, 0.4) is 0 Å². The van der Waals surface area contributed by atoms with E-state index in [1.165, 1.54) is 0 Å². The first-order valence-corrected chi connectivity index (χ1v) is 14.1. The van der Waals surface area contributed by atoms with Crippen LogP contribution in [0.4, 0.5) is 9.59 Å². The highest BCUT2D eigenvalue weighted by Gasteiger charge is 2.18. The van der Waals surface area contributed by atoms with Crippen molar-refractivity contribution in [1.29, 1.82) is 0 Å². The van der Waals surface area contributed by atoms with Gasteiger partial charge in [0.15, 0.2) is 0 Å². The molecule has 10 nitrogen and oxygen atoms in total. The number of hydrogen-bond donors (Lipinski definition) is 4. The Hall–Kier alpha value is -5.19. The van der Waals surface area contributed by atoms with Crippen molar-refractivity contribution in [1.82, 2.24) is 5.32 Å². The van der Waals surface area contributed by atoms with Crippen LogP contribution in [0.25, 0.3) is 0 Å². The van der Waals surface area contributed by atoms with E-state index in [9.17, 15) is 19.2 Å². The lowest BCUT2D eigenvalue weighted by molar-refractivity contribution is -0.138. The van der Waals surface area contributed by atoms with Crippen LogP contribution in [-0.4, -0.2) is 33.7 Å². The van der Waals surface area contributed by atoms with E-state index >= 15 is 0 Å². The van der Waals surface area contributed by atoms with Crippen molar-refractivity contribution in [2.24, 2.45) is 5.73 Å². The van der Waals surface area contributed by atoms with Gasteiger partial charge in [0.1, 0.15) is 13.2 Å². The van der Waals surface area contributed by atoms with Crippen molar-refractivity contribution < 1.29 is 38.9 Å². The summed E-state index contributed by atoms with van der Waals surface area (Å²) in [5.74, 6) is -1.86. The Morgan fingerprint density at radius 1 is 0.622 bits per heavy atom. The maximum Gasteiger partial charge on any atom is 0.407 e. The lowest BCUT2D eigenvalue weighted by Crippen LogP contribution is -2.30. The molecule has 2 unspecified atom stereocenters. The first-order chi connectivity index (χ1) is 21.6. The van der Waals surface area contributed by atoms with Gasteiger partial charge in [0.05, 0.1) is 18.9 Å². The summed E-state index contributed by atoms with van der Waals surface area (Å²) < 4.78 is 9.67. The fourth-order valence-corrected chi connectivity index (χ4v) is 3.79. The van der Waals surface area contributed by atoms with Gasteiger partial charge < -0.3 is 30.7 Å². The molecule has 0 radical (unpaired) electrons. The Morgan fingerprint density at radius 3 is 1.44 bits per heavy atom. The topological polar surface area (TPSA) is 165 Å². The molecule has 4 aromatic carbocycles. The number of nitrogens with two attached hydrogens (primary N) is 1. The van der Waals surface area contributed by atoms with E-state index in [0.29, 0.717) is 0 Å². The highest BCUT2D eigenvalue weighted by molar-refractivity contribution is 6.61. The Balaban J connectivity index is 0.000000259. The van der Waals surface area contributed by atoms with Gasteiger partial charge in [-0.1, -0.05) is 121 Å². The molecule has 1 amide bonds. The molecule has 11 heteroatoms. The lowest BCUT2D eigenvalue weighted by atomic mass is 10.0. The van der Waals surface area contributed by atoms with Crippen LogP contribution < -0.4 is 11.1 Å². The quantitative estimate of drug-likeness (QED) is 0.129. The van der Waals surface area contributed by atoms with Crippen LogP contribution in [0.15, 0.2) is 121 Å².